The Morgan fingerprint density at radius 2 is 2.31 bits per heavy atom. The van der Waals surface area contributed by atoms with Crippen LogP contribution < -0.4 is 0 Å². The first-order valence-electron chi connectivity index (χ1n) is 4.02. The summed E-state index contributed by atoms with van der Waals surface area (Å²) in [6.45, 7) is 1.77. The van der Waals surface area contributed by atoms with Crippen molar-refractivity contribution in [1.82, 2.24) is 0 Å². The lowest BCUT2D eigenvalue weighted by atomic mass is 10.0. The highest BCUT2D eigenvalue weighted by atomic mass is 35.5. The highest BCUT2D eigenvalue weighted by molar-refractivity contribution is 6.31. The van der Waals surface area contributed by atoms with Crippen LogP contribution in [0.3, 0.4) is 0 Å². The fourth-order valence-corrected chi connectivity index (χ4v) is 1.29. The first-order chi connectivity index (χ1) is 6.13. The van der Waals surface area contributed by atoms with Gasteiger partial charge in [0.2, 0.25) is 0 Å². The molecule has 0 N–H and O–H groups in total. The van der Waals surface area contributed by atoms with Crippen LogP contribution in [0.15, 0.2) is 18.2 Å². The molecule has 3 heteroatoms. The van der Waals surface area contributed by atoms with Crippen molar-refractivity contribution < 1.29 is 9.18 Å². The molecule has 0 fully saturated rings. The van der Waals surface area contributed by atoms with Crippen LogP contribution in [0.4, 0.5) is 4.39 Å². The van der Waals surface area contributed by atoms with Gasteiger partial charge in [0.1, 0.15) is 12.1 Å². The lowest BCUT2D eigenvalue weighted by Crippen LogP contribution is -2.01. The van der Waals surface area contributed by atoms with Crippen LogP contribution >= 0.6 is 11.6 Å². The maximum absolute atomic E-state index is 12.8. The Morgan fingerprint density at radius 1 is 1.62 bits per heavy atom. The summed E-state index contributed by atoms with van der Waals surface area (Å²) in [6.07, 6.45) is 1.32. The van der Waals surface area contributed by atoms with Crippen LogP contribution in [0.25, 0.3) is 0 Å². The Labute approximate surface area is 81.5 Å². The molecule has 0 aliphatic heterocycles. The van der Waals surface area contributed by atoms with E-state index in [-0.39, 0.29) is 11.7 Å². The second kappa shape index (κ2) is 4.38. The topological polar surface area (TPSA) is 17.1 Å². The predicted octanol–water partition coefficient (Wildman–Crippen LogP) is 2.86. The smallest absolute Gasteiger partial charge is 0.123 e. The van der Waals surface area contributed by atoms with Crippen molar-refractivity contribution in [3.63, 3.8) is 0 Å². The van der Waals surface area contributed by atoms with E-state index in [9.17, 15) is 9.18 Å². The van der Waals surface area contributed by atoms with Crippen molar-refractivity contribution in [2.24, 2.45) is 5.92 Å². The minimum atomic E-state index is -0.322. The van der Waals surface area contributed by atoms with Crippen LogP contribution in [-0.4, -0.2) is 6.29 Å². The summed E-state index contributed by atoms with van der Waals surface area (Å²) in [7, 11) is 0. The lowest BCUT2D eigenvalue weighted by molar-refractivity contribution is -0.110. The number of carbonyl (C=O) groups excluding carboxylic acids is 1. The zero-order valence-corrected chi connectivity index (χ0v) is 8.01. The summed E-state index contributed by atoms with van der Waals surface area (Å²) in [5.74, 6) is -0.447. The predicted molar refractivity (Wildman–Crippen MR) is 50.3 cm³/mol. The Balaban J connectivity index is 2.86. The molecular formula is C10H10ClFO. The molecule has 0 saturated carbocycles. The van der Waals surface area contributed by atoms with Crippen molar-refractivity contribution in [3.05, 3.63) is 34.6 Å². The van der Waals surface area contributed by atoms with E-state index in [0.717, 1.165) is 6.29 Å². The zero-order chi connectivity index (χ0) is 9.84. The molecule has 0 spiro atoms. The number of hydrogen-bond donors (Lipinski definition) is 0. The highest BCUT2D eigenvalue weighted by Crippen LogP contribution is 2.19. The van der Waals surface area contributed by atoms with Gasteiger partial charge in [-0.05, 0) is 30.2 Å². The number of halogens is 2. The standard InChI is InChI=1S/C10H10ClFO/c1-7(6-13)4-8-5-9(12)2-3-10(8)11/h2-3,5-7H,4H2,1H3. The van der Waals surface area contributed by atoms with E-state index in [2.05, 4.69) is 0 Å². The maximum Gasteiger partial charge on any atom is 0.123 e. The zero-order valence-electron chi connectivity index (χ0n) is 7.26. The van der Waals surface area contributed by atoms with Crippen LogP contribution in [0.1, 0.15) is 12.5 Å². The molecule has 0 aromatic heterocycles. The van der Waals surface area contributed by atoms with Crippen molar-refractivity contribution >= 4 is 17.9 Å². The summed E-state index contributed by atoms with van der Waals surface area (Å²) >= 11 is 5.81. The van der Waals surface area contributed by atoms with Crippen molar-refractivity contribution in [1.29, 1.82) is 0 Å². The van der Waals surface area contributed by atoms with Gasteiger partial charge < -0.3 is 4.79 Å². The van der Waals surface area contributed by atoms with Crippen LogP contribution in [-0.2, 0) is 11.2 Å². The molecule has 0 bridgehead atoms. The van der Waals surface area contributed by atoms with Crippen molar-refractivity contribution in [3.8, 4) is 0 Å². The minimum absolute atomic E-state index is 0.126. The van der Waals surface area contributed by atoms with Gasteiger partial charge in [-0.2, -0.15) is 0 Å². The summed E-state index contributed by atoms with van der Waals surface area (Å²) in [6, 6.07) is 4.17. The number of hydrogen-bond acceptors (Lipinski definition) is 1. The van der Waals surface area contributed by atoms with Gasteiger partial charge in [0, 0.05) is 10.9 Å². The van der Waals surface area contributed by atoms with E-state index < -0.39 is 0 Å². The van der Waals surface area contributed by atoms with Crippen molar-refractivity contribution in [2.75, 3.05) is 0 Å². The molecule has 1 aromatic carbocycles. The molecular weight excluding hydrogens is 191 g/mol. The monoisotopic (exact) mass is 200 g/mol. The molecule has 1 rings (SSSR count). The van der Waals surface area contributed by atoms with Gasteiger partial charge in [0.05, 0.1) is 0 Å². The molecule has 1 atom stereocenters. The van der Waals surface area contributed by atoms with E-state index in [1.165, 1.54) is 18.2 Å². The largest absolute Gasteiger partial charge is 0.303 e. The minimum Gasteiger partial charge on any atom is -0.303 e. The Hall–Kier alpha value is -0.890. The molecule has 1 aromatic rings. The average Bonchev–Trinajstić information content (AvgIpc) is 2.11. The Kier molecular flexibility index (Phi) is 3.43. The molecule has 0 radical (unpaired) electrons. The fraction of sp³-hybridized carbons (Fsp3) is 0.300. The molecule has 0 aliphatic carbocycles. The highest BCUT2D eigenvalue weighted by Gasteiger charge is 2.06. The molecule has 0 aliphatic rings. The van der Waals surface area contributed by atoms with Gasteiger partial charge in [-0.1, -0.05) is 18.5 Å². The van der Waals surface area contributed by atoms with Gasteiger partial charge in [-0.15, -0.1) is 0 Å². The molecule has 70 valence electrons. The second-order valence-electron chi connectivity index (χ2n) is 3.05. The SMILES string of the molecule is CC(C=O)Cc1cc(F)ccc1Cl. The molecule has 0 saturated heterocycles. The Bertz CT molecular complexity index is 312. The third kappa shape index (κ3) is 2.81. The van der Waals surface area contributed by atoms with Gasteiger partial charge in [-0.3, -0.25) is 0 Å². The maximum atomic E-state index is 12.8. The molecule has 0 amide bonds. The summed E-state index contributed by atoms with van der Waals surface area (Å²) in [4.78, 5) is 10.4. The van der Waals surface area contributed by atoms with E-state index >= 15 is 0 Å². The number of benzene rings is 1. The van der Waals surface area contributed by atoms with Crippen LogP contribution in [0, 0.1) is 11.7 Å². The van der Waals surface area contributed by atoms with Gasteiger partial charge >= 0.3 is 0 Å². The second-order valence-corrected chi connectivity index (χ2v) is 3.46. The van der Waals surface area contributed by atoms with E-state index in [1.807, 2.05) is 0 Å². The first kappa shape index (κ1) is 10.2. The molecule has 0 heterocycles. The van der Waals surface area contributed by atoms with Gasteiger partial charge in [0.25, 0.3) is 0 Å². The number of rotatable bonds is 3. The summed E-state index contributed by atoms with van der Waals surface area (Å²) in [5, 5.41) is 0.509. The first-order valence-corrected chi connectivity index (χ1v) is 4.40. The fourth-order valence-electron chi connectivity index (χ4n) is 1.09. The number of carbonyl (C=O) groups is 1. The third-order valence-corrected chi connectivity index (χ3v) is 2.15. The van der Waals surface area contributed by atoms with Gasteiger partial charge in [-0.25, -0.2) is 4.39 Å². The molecule has 1 nitrogen and oxygen atoms in total. The average molecular weight is 201 g/mol. The van der Waals surface area contributed by atoms with E-state index in [1.54, 1.807) is 6.92 Å². The Morgan fingerprint density at radius 3 is 2.92 bits per heavy atom. The summed E-state index contributed by atoms with van der Waals surface area (Å²) in [5.41, 5.74) is 0.682. The quantitative estimate of drug-likeness (QED) is 0.686. The van der Waals surface area contributed by atoms with E-state index in [0.29, 0.717) is 17.0 Å². The van der Waals surface area contributed by atoms with Crippen LogP contribution in [0.2, 0.25) is 5.02 Å². The molecule has 1 unspecified atom stereocenters. The number of aldehydes is 1. The normalized spacial score (nSPS) is 12.5. The lowest BCUT2D eigenvalue weighted by Gasteiger charge is -2.05. The van der Waals surface area contributed by atoms with Crippen LogP contribution in [0.5, 0.6) is 0 Å². The van der Waals surface area contributed by atoms with Gasteiger partial charge in [0.15, 0.2) is 0 Å². The summed E-state index contributed by atoms with van der Waals surface area (Å²) < 4.78 is 12.8. The van der Waals surface area contributed by atoms with Crippen molar-refractivity contribution in [2.45, 2.75) is 13.3 Å². The molecule has 13 heavy (non-hydrogen) atoms. The third-order valence-electron chi connectivity index (χ3n) is 1.78. The van der Waals surface area contributed by atoms with E-state index in [4.69, 9.17) is 11.6 Å².